The van der Waals surface area contributed by atoms with E-state index < -0.39 is 5.82 Å². The van der Waals surface area contributed by atoms with E-state index in [0.29, 0.717) is 20.7 Å². The highest BCUT2D eigenvalue weighted by molar-refractivity contribution is 8.27. The summed E-state index contributed by atoms with van der Waals surface area (Å²) in [7, 11) is 1.58. The molecule has 24 heavy (non-hydrogen) atoms. The summed E-state index contributed by atoms with van der Waals surface area (Å²) in [5.41, 5.74) is 1.27. The van der Waals surface area contributed by atoms with Crippen LogP contribution in [0.2, 0.25) is 5.02 Å². The van der Waals surface area contributed by atoms with E-state index in [-0.39, 0.29) is 10.9 Å². The summed E-state index contributed by atoms with van der Waals surface area (Å²) >= 11 is 12.3. The van der Waals surface area contributed by atoms with Crippen LogP contribution in [-0.2, 0) is 4.79 Å². The molecule has 0 N–H and O–H groups in total. The largest absolute Gasteiger partial charge is 0.497 e. The van der Waals surface area contributed by atoms with E-state index in [1.54, 1.807) is 13.2 Å². The van der Waals surface area contributed by atoms with Crippen molar-refractivity contribution in [2.24, 2.45) is 0 Å². The number of ether oxygens (including phenoxy) is 1. The van der Waals surface area contributed by atoms with Gasteiger partial charge in [-0.1, -0.05) is 47.7 Å². The minimum Gasteiger partial charge on any atom is -0.497 e. The monoisotopic (exact) mass is 379 g/mol. The van der Waals surface area contributed by atoms with Gasteiger partial charge < -0.3 is 4.74 Å². The third-order valence-electron chi connectivity index (χ3n) is 3.35. The van der Waals surface area contributed by atoms with Gasteiger partial charge in [0.2, 0.25) is 0 Å². The van der Waals surface area contributed by atoms with Gasteiger partial charge in [0.1, 0.15) is 11.6 Å². The van der Waals surface area contributed by atoms with Crippen LogP contribution < -0.4 is 9.64 Å². The molecular weight excluding hydrogens is 369 g/mol. The zero-order valence-corrected chi connectivity index (χ0v) is 14.8. The third-order valence-corrected chi connectivity index (χ3v) is 4.94. The average molecular weight is 380 g/mol. The molecule has 1 aliphatic rings. The molecule has 2 aromatic carbocycles. The summed E-state index contributed by atoms with van der Waals surface area (Å²) in [6.07, 6.45) is 1.74. The normalized spacial score (nSPS) is 16.1. The van der Waals surface area contributed by atoms with Crippen LogP contribution in [0.3, 0.4) is 0 Å². The minimum absolute atomic E-state index is 0.0571. The first kappa shape index (κ1) is 17.0. The summed E-state index contributed by atoms with van der Waals surface area (Å²) in [6, 6.07) is 11.4. The quantitative estimate of drug-likeness (QED) is 0.560. The summed E-state index contributed by atoms with van der Waals surface area (Å²) < 4.78 is 18.9. The molecule has 7 heteroatoms. The molecule has 1 amide bonds. The van der Waals surface area contributed by atoms with E-state index in [4.69, 9.17) is 28.6 Å². The van der Waals surface area contributed by atoms with E-state index >= 15 is 0 Å². The fourth-order valence-corrected chi connectivity index (χ4v) is 3.67. The van der Waals surface area contributed by atoms with Gasteiger partial charge in [-0.3, -0.25) is 9.69 Å². The van der Waals surface area contributed by atoms with Gasteiger partial charge in [0.15, 0.2) is 4.32 Å². The van der Waals surface area contributed by atoms with E-state index in [2.05, 4.69) is 0 Å². The molecule has 0 aliphatic carbocycles. The lowest BCUT2D eigenvalue weighted by Gasteiger charge is -2.14. The maximum absolute atomic E-state index is 13.3. The van der Waals surface area contributed by atoms with Crippen molar-refractivity contribution >= 4 is 57.6 Å². The van der Waals surface area contributed by atoms with Crippen molar-refractivity contribution in [2.75, 3.05) is 12.0 Å². The molecule has 1 heterocycles. The van der Waals surface area contributed by atoms with E-state index in [0.717, 1.165) is 5.56 Å². The molecule has 3 nitrogen and oxygen atoms in total. The molecule has 0 spiro atoms. The molecule has 1 saturated heterocycles. The number of benzene rings is 2. The Balaban J connectivity index is 1.93. The number of rotatable bonds is 3. The fourth-order valence-electron chi connectivity index (χ4n) is 2.20. The predicted octanol–water partition coefficient (Wildman–Crippen LogP) is 4.89. The maximum Gasteiger partial charge on any atom is 0.270 e. The van der Waals surface area contributed by atoms with Crippen LogP contribution in [-0.4, -0.2) is 17.3 Å². The van der Waals surface area contributed by atoms with Crippen LogP contribution in [0.15, 0.2) is 47.4 Å². The van der Waals surface area contributed by atoms with Crippen LogP contribution in [0.5, 0.6) is 5.75 Å². The van der Waals surface area contributed by atoms with Gasteiger partial charge in [-0.15, -0.1) is 0 Å². The van der Waals surface area contributed by atoms with Crippen molar-refractivity contribution in [3.8, 4) is 5.75 Å². The SMILES string of the molecule is COc1cccc(/C=C2/SC(=S)N(c3ccc(F)c(Cl)c3)C2=O)c1. The molecule has 0 radical (unpaired) electrons. The Labute approximate surface area is 153 Å². The van der Waals surface area contributed by atoms with Crippen molar-refractivity contribution in [2.45, 2.75) is 0 Å². The average Bonchev–Trinajstić information content (AvgIpc) is 2.84. The Morgan fingerprint density at radius 2 is 2.08 bits per heavy atom. The topological polar surface area (TPSA) is 29.5 Å². The molecule has 1 fully saturated rings. The Bertz CT molecular complexity index is 869. The second-order valence-corrected chi connectivity index (χ2v) is 6.98. The van der Waals surface area contributed by atoms with Gasteiger partial charge in [-0.2, -0.15) is 0 Å². The number of hydrogen-bond donors (Lipinski definition) is 0. The number of thioether (sulfide) groups is 1. The van der Waals surface area contributed by atoms with Gasteiger partial charge >= 0.3 is 0 Å². The molecule has 0 saturated carbocycles. The number of carbonyl (C=O) groups excluding carboxylic acids is 1. The number of anilines is 1. The maximum atomic E-state index is 13.3. The van der Waals surface area contributed by atoms with Crippen LogP contribution >= 0.6 is 35.6 Å². The van der Waals surface area contributed by atoms with E-state index in [1.165, 1.54) is 34.9 Å². The molecule has 0 aromatic heterocycles. The van der Waals surface area contributed by atoms with E-state index in [9.17, 15) is 9.18 Å². The van der Waals surface area contributed by atoms with Crippen molar-refractivity contribution in [1.29, 1.82) is 0 Å². The highest BCUT2D eigenvalue weighted by Crippen LogP contribution is 2.37. The highest BCUT2D eigenvalue weighted by atomic mass is 35.5. The number of hydrogen-bond acceptors (Lipinski definition) is 4. The molecule has 122 valence electrons. The van der Waals surface area contributed by atoms with Gasteiger partial charge in [-0.05, 0) is 42.0 Å². The van der Waals surface area contributed by atoms with Gasteiger partial charge in [0, 0.05) is 0 Å². The van der Waals surface area contributed by atoms with Gasteiger partial charge in [-0.25, -0.2) is 4.39 Å². The zero-order chi connectivity index (χ0) is 17.3. The lowest BCUT2D eigenvalue weighted by atomic mass is 10.2. The number of halogens is 2. The fraction of sp³-hybridized carbons (Fsp3) is 0.0588. The van der Waals surface area contributed by atoms with Crippen molar-refractivity contribution in [1.82, 2.24) is 0 Å². The zero-order valence-electron chi connectivity index (χ0n) is 12.5. The Kier molecular flexibility index (Phi) is 4.89. The molecule has 0 bridgehead atoms. The Hall–Kier alpha value is -1.89. The number of methoxy groups -OCH3 is 1. The van der Waals surface area contributed by atoms with Crippen LogP contribution in [0.4, 0.5) is 10.1 Å². The van der Waals surface area contributed by atoms with Gasteiger partial charge in [0.25, 0.3) is 5.91 Å². The number of amides is 1. The number of nitrogens with zero attached hydrogens (tertiary/aromatic N) is 1. The van der Waals surface area contributed by atoms with Gasteiger partial charge in [0.05, 0.1) is 22.7 Å². The van der Waals surface area contributed by atoms with Crippen LogP contribution in [0.1, 0.15) is 5.56 Å². The lowest BCUT2D eigenvalue weighted by molar-refractivity contribution is -0.113. The molecule has 1 aliphatic heterocycles. The first-order valence-electron chi connectivity index (χ1n) is 6.86. The van der Waals surface area contributed by atoms with Crippen molar-refractivity contribution < 1.29 is 13.9 Å². The first-order chi connectivity index (χ1) is 11.5. The highest BCUT2D eigenvalue weighted by Gasteiger charge is 2.33. The molecular formula is C17H11ClFNO2S2. The summed E-state index contributed by atoms with van der Waals surface area (Å²) in [5, 5.41) is -0.0571. The van der Waals surface area contributed by atoms with Crippen molar-refractivity contribution in [3.63, 3.8) is 0 Å². The van der Waals surface area contributed by atoms with Crippen LogP contribution in [0, 0.1) is 5.82 Å². The van der Waals surface area contributed by atoms with E-state index in [1.807, 2.05) is 24.3 Å². The smallest absolute Gasteiger partial charge is 0.270 e. The number of thiocarbonyl (C=S) groups is 1. The predicted molar refractivity (Wildman–Crippen MR) is 100 cm³/mol. The third kappa shape index (κ3) is 3.31. The minimum atomic E-state index is -0.544. The summed E-state index contributed by atoms with van der Waals surface area (Å²) in [4.78, 5) is 14.5. The Morgan fingerprint density at radius 1 is 1.29 bits per heavy atom. The second-order valence-electron chi connectivity index (χ2n) is 4.89. The molecule has 2 aromatic rings. The Morgan fingerprint density at radius 3 is 2.79 bits per heavy atom. The van der Waals surface area contributed by atoms with Crippen molar-refractivity contribution in [3.05, 3.63) is 63.8 Å². The lowest BCUT2D eigenvalue weighted by Crippen LogP contribution is -2.27. The molecule has 3 rings (SSSR count). The number of carbonyl (C=O) groups is 1. The second kappa shape index (κ2) is 6.93. The standard InChI is InChI=1S/C17H11ClFNO2S2/c1-22-12-4-2-3-10(7-12)8-15-16(21)20(17(23)24-15)11-5-6-14(19)13(18)9-11/h2-9H,1H3/b15-8+. The first-order valence-corrected chi connectivity index (χ1v) is 8.47. The van der Waals surface area contributed by atoms with Crippen LogP contribution in [0.25, 0.3) is 6.08 Å². The molecule has 0 unspecified atom stereocenters. The summed E-state index contributed by atoms with van der Waals surface area (Å²) in [6.45, 7) is 0. The summed E-state index contributed by atoms with van der Waals surface area (Å²) in [5.74, 6) is -0.113. The molecule has 0 atom stereocenters.